The molecule has 0 aliphatic heterocycles. The summed E-state index contributed by atoms with van der Waals surface area (Å²) in [5, 5.41) is 2.66. The predicted octanol–water partition coefficient (Wildman–Crippen LogP) is 3.89. The van der Waals surface area contributed by atoms with Crippen molar-refractivity contribution in [1.29, 1.82) is 0 Å². The number of nitrogens with one attached hydrogen (secondary N) is 1. The summed E-state index contributed by atoms with van der Waals surface area (Å²) < 4.78 is 41.4. The highest BCUT2D eigenvalue weighted by molar-refractivity contribution is 6.06. The highest BCUT2D eigenvalue weighted by atomic mass is 19.4. The summed E-state index contributed by atoms with van der Waals surface area (Å²) in [7, 11) is 0. The van der Waals surface area contributed by atoms with Crippen molar-refractivity contribution in [3.63, 3.8) is 0 Å². The third-order valence-corrected chi connectivity index (χ3v) is 3.24. The van der Waals surface area contributed by atoms with Crippen LogP contribution in [0.4, 0.5) is 18.9 Å². The van der Waals surface area contributed by atoms with E-state index in [2.05, 4.69) is 15.0 Å². The van der Waals surface area contributed by atoms with Gasteiger partial charge >= 0.3 is 6.18 Å². The number of alkyl halides is 3. The van der Waals surface area contributed by atoms with Gasteiger partial charge in [0.05, 0.1) is 0 Å². The maximum absolute atomic E-state index is 12.3. The molecule has 4 nitrogen and oxygen atoms in total. The summed E-state index contributed by atoms with van der Waals surface area (Å²) in [6.45, 7) is 2.23. The van der Waals surface area contributed by atoms with Crippen LogP contribution >= 0.6 is 0 Å². The van der Waals surface area contributed by atoms with E-state index >= 15 is 0 Å². The highest BCUT2D eigenvalue weighted by Crippen LogP contribution is 2.23. The van der Waals surface area contributed by atoms with Crippen molar-refractivity contribution in [3.8, 4) is 5.88 Å². The molecule has 0 fully saturated rings. The molecule has 2 aromatic rings. The van der Waals surface area contributed by atoms with E-state index < -0.39 is 18.7 Å². The van der Waals surface area contributed by atoms with Gasteiger partial charge in [0.25, 0.3) is 5.91 Å². The fourth-order valence-electron chi connectivity index (χ4n) is 1.90. The predicted molar refractivity (Wildman–Crippen MR) is 79.7 cm³/mol. The Balaban J connectivity index is 2.21. The lowest BCUT2D eigenvalue weighted by molar-refractivity contribution is -0.154. The molecule has 7 heteroatoms. The van der Waals surface area contributed by atoms with Crippen molar-refractivity contribution in [3.05, 3.63) is 53.2 Å². The SMILES string of the molecule is Cc1cccc(NC(=O)c2cccnc2OCC(F)(F)F)c1C. The van der Waals surface area contributed by atoms with E-state index in [0.717, 1.165) is 11.1 Å². The second-order valence-corrected chi connectivity index (χ2v) is 4.96. The van der Waals surface area contributed by atoms with E-state index in [1.807, 2.05) is 19.9 Å². The molecule has 1 aromatic heterocycles. The van der Waals surface area contributed by atoms with Crippen LogP contribution in [-0.4, -0.2) is 23.7 Å². The molecular weight excluding hydrogens is 309 g/mol. The van der Waals surface area contributed by atoms with Gasteiger partial charge in [-0.15, -0.1) is 0 Å². The van der Waals surface area contributed by atoms with Crippen molar-refractivity contribution < 1.29 is 22.7 Å². The molecule has 0 radical (unpaired) electrons. The van der Waals surface area contributed by atoms with Crippen molar-refractivity contribution in [2.24, 2.45) is 0 Å². The Labute approximate surface area is 131 Å². The summed E-state index contributed by atoms with van der Waals surface area (Å²) >= 11 is 0. The van der Waals surface area contributed by atoms with Crippen molar-refractivity contribution in [2.75, 3.05) is 11.9 Å². The van der Waals surface area contributed by atoms with Crippen LogP contribution in [0.3, 0.4) is 0 Å². The number of benzene rings is 1. The maximum atomic E-state index is 12.3. The average molecular weight is 324 g/mol. The molecule has 0 bridgehead atoms. The number of carbonyl (C=O) groups excluding carboxylic acids is 1. The number of pyridine rings is 1. The van der Waals surface area contributed by atoms with Crippen LogP contribution in [-0.2, 0) is 0 Å². The lowest BCUT2D eigenvalue weighted by Crippen LogP contribution is -2.22. The van der Waals surface area contributed by atoms with E-state index in [1.54, 1.807) is 12.1 Å². The molecule has 2 rings (SSSR count). The first-order valence-corrected chi connectivity index (χ1v) is 6.80. The normalized spacial score (nSPS) is 11.2. The zero-order valence-electron chi connectivity index (χ0n) is 12.6. The number of rotatable bonds is 4. The van der Waals surface area contributed by atoms with Gasteiger partial charge in [-0.05, 0) is 43.2 Å². The van der Waals surface area contributed by atoms with E-state index in [0.29, 0.717) is 5.69 Å². The zero-order chi connectivity index (χ0) is 17.0. The van der Waals surface area contributed by atoms with E-state index in [4.69, 9.17) is 0 Å². The number of aromatic nitrogens is 1. The number of ether oxygens (including phenoxy) is 1. The summed E-state index contributed by atoms with van der Waals surface area (Å²) in [5.41, 5.74) is 2.39. The van der Waals surface area contributed by atoms with Crippen LogP contribution in [0.2, 0.25) is 0 Å². The molecular formula is C16H15F3N2O2. The molecule has 0 saturated carbocycles. The Morgan fingerprint density at radius 1 is 1.22 bits per heavy atom. The quantitative estimate of drug-likeness (QED) is 0.928. The lowest BCUT2D eigenvalue weighted by atomic mass is 10.1. The molecule has 122 valence electrons. The third kappa shape index (κ3) is 4.45. The number of amides is 1. The van der Waals surface area contributed by atoms with Crippen molar-refractivity contribution in [1.82, 2.24) is 4.98 Å². The number of nitrogens with zero attached hydrogens (tertiary/aromatic N) is 1. The fraction of sp³-hybridized carbons (Fsp3) is 0.250. The molecule has 0 aliphatic carbocycles. The topological polar surface area (TPSA) is 51.2 Å². The molecule has 0 unspecified atom stereocenters. The Kier molecular flexibility index (Phi) is 4.88. The van der Waals surface area contributed by atoms with Crippen LogP contribution in [0.5, 0.6) is 5.88 Å². The Hall–Kier alpha value is -2.57. The van der Waals surface area contributed by atoms with Gasteiger partial charge < -0.3 is 10.1 Å². The minimum absolute atomic E-state index is 0.0577. The minimum Gasteiger partial charge on any atom is -0.467 e. The minimum atomic E-state index is -4.50. The molecule has 1 amide bonds. The van der Waals surface area contributed by atoms with Gasteiger partial charge in [-0.1, -0.05) is 12.1 Å². The van der Waals surface area contributed by atoms with Gasteiger partial charge in [0.15, 0.2) is 6.61 Å². The first-order valence-electron chi connectivity index (χ1n) is 6.80. The van der Waals surface area contributed by atoms with Crippen molar-refractivity contribution >= 4 is 11.6 Å². The Morgan fingerprint density at radius 2 is 1.96 bits per heavy atom. The van der Waals surface area contributed by atoms with Crippen LogP contribution < -0.4 is 10.1 Å². The average Bonchev–Trinajstić information content (AvgIpc) is 2.49. The monoisotopic (exact) mass is 324 g/mol. The molecule has 0 aliphatic rings. The van der Waals surface area contributed by atoms with Gasteiger partial charge in [-0.25, -0.2) is 4.98 Å². The zero-order valence-corrected chi connectivity index (χ0v) is 12.6. The Morgan fingerprint density at radius 3 is 2.65 bits per heavy atom. The van der Waals surface area contributed by atoms with Crippen LogP contribution in [0, 0.1) is 13.8 Å². The second-order valence-electron chi connectivity index (χ2n) is 4.96. The first kappa shape index (κ1) is 16.8. The van der Waals surface area contributed by atoms with Gasteiger partial charge in [-0.2, -0.15) is 13.2 Å². The number of halogens is 3. The molecule has 1 heterocycles. The number of hydrogen-bond acceptors (Lipinski definition) is 3. The van der Waals surface area contributed by atoms with E-state index in [-0.39, 0.29) is 11.4 Å². The lowest BCUT2D eigenvalue weighted by Gasteiger charge is -2.13. The summed E-state index contributed by atoms with van der Waals surface area (Å²) in [5.74, 6) is -0.934. The molecule has 1 N–H and O–H groups in total. The van der Waals surface area contributed by atoms with Crippen molar-refractivity contribution in [2.45, 2.75) is 20.0 Å². The summed E-state index contributed by atoms with van der Waals surface area (Å²) in [4.78, 5) is 16.0. The Bertz CT molecular complexity index is 715. The summed E-state index contributed by atoms with van der Waals surface area (Å²) in [6, 6.07) is 8.21. The number of carbonyl (C=O) groups is 1. The number of aryl methyl sites for hydroxylation is 1. The number of anilines is 1. The smallest absolute Gasteiger partial charge is 0.422 e. The van der Waals surface area contributed by atoms with Gasteiger partial charge in [0, 0.05) is 11.9 Å². The maximum Gasteiger partial charge on any atom is 0.422 e. The van der Waals surface area contributed by atoms with E-state index in [1.165, 1.54) is 18.3 Å². The fourth-order valence-corrected chi connectivity index (χ4v) is 1.90. The molecule has 0 spiro atoms. The summed E-state index contributed by atoms with van der Waals surface area (Å²) in [6.07, 6.45) is -3.24. The standard InChI is InChI=1S/C16H15F3N2O2/c1-10-5-3-7-13(11(10)2)21-14(22)12-6-4-8-20-15(12)23-9-16(17,18)19/h3-8H,9H2,1-2H3,(H,21,22). The molecule has 23 heavy (non-hydrogen) atoms. The first-order chi connectivity index (χ1) is 10.8. The molecule has 0 atom stereocenters. The van der Waals surface area contributed by atoms with E-state index in [9.17, 15) is 18.0 Å². The molecule has 1 aromatic carbocycles. The van der Waals surface area contributed by atoms with Crippen LogP contribution in [0.25, 0.3) is 0 Å². The van der Waals surface area contributed by atoms with Crippen LogP contribution in [0.15, 0.2) is 36.5 Å². The molecule has 0 saturated heterocycles. The second kappa shape index (κ2) is 6.68. The van der Waals surface area contributed by atoms with Gasteiger partial charge in [0.2, 0.25) is 5.88 Å². The van der Waals surface area contributed by atoms with Gasteiger partial charge in [0.1, 0.15) is 5.56 Å². The number of hydrogen-bond donors (Lipinski definition) is 1. The largest absolute Gasteiger partial charge is 0.467 e. The van der Waals surface area contributed by atoms with Crippen LogP contribution in [0.1, 0.15) is 21.5 Å². The van der Waals surface area contributed by atoms with Gasteiger partial charge in [-0.3, -0.25) is 4.79 Å². The third-order valence-electron chi connectivity index (χ3n) is 3.24. The highest BCUT2D eigenvalue weighted by Gasteiger charge is 2.29.